The average molecular weight is 337 g/mol. The van der Waals surface area contributed by atoms with E-state index in [0.717, 1.165) is 44.4 Å². The fourth-order valence-electron chi connectivity index (χ4n) is 4.65. The van der Waals surface area contributed by atoms with Crippen molar-refractivity contribution in [2.75, 3.05) is 13.7 Å². The number of aryl methyl sites for hydroxylation is 1. The minimum atomic E-state index is -0.282. The molecule has 0 saturated carbocycles. The predicted octanol–water partition coefficient (Wildman–Crippen LogP) is 3.75. The van der Waals surface area contributed by atoms with Crippen LogP contribution in [0, 0.1) is 0 Å². The van der Waals surface area contributed by atoms with Crippen LogP contribution in [0.1, 0.15) is 41.9 Å². The van der Waals surface area contributed by atoms with Crippen LogP contribution >= 0.6 is 0 Å². The lowest BCUT2D eigenvalue weighted by Gasteiger charge is -2.41. The summed E-state index contributed by atoms with van der Waals surface area (Å²) in [5.74, 6) is 1.33. The summed E-state index contributed by atoms with van der Waals surface area (Å²) in [6.45, 7) is 1.01. The molecule has 132 valence electrons. The molecule has 1 fully saturated rings. The summed E-state index contributed by atoms with van der Waals surface area (Å²) >= 11 is 0. The Hall–Kier alpha value is -1.84. The molecule has 1 N–H and O–H groups in total. The maximum Gasteiger partial charge on any atom is 0.119 e. The number of fused-ring (bicyclic) bond motifs is 1. The Labute approximate surface area is 150 Å². The number of aliphatic hydroxyl groups is 1. The van der Waals surface area contributed by atoms with Crippen molar-refractivity contribution in [3.8, 4) is 5.75 Å². The van der Waals surface area contributed by atoms with E-state index in [1.807, 2.05) is 0 Å². The second-order valence-corrected chi connectivity index (χ2v) is 7.33. The molecule has 1 saturated heterocycles. The van der Waals surface area contributed by atoms with Crippen LogP contribution in [0.3, 0.4) is 0 Å². The molecule has 1 heterocycles. The zero-order valence-electron chi connectivity index (χ0n) is 14.9. The van der Waals surface area contributed by atoms with Gasteiger partial charge in [-0.1, -0.05) is 36.4 Å². The van der Waals surface area contributed by atoms with Crippen LogP contribution in [0.15, 0.2) is 48.5 Å². The highest BCUT2D eigenvalue weighted by Gasteiger charge is 2.38. The summed E-state index contributed by atoms with van der Waals surface area (Å²) in [5, 5.41) is 10.5. The first kappa shape index (κ1) is 16.6. The van der Waals surface area contributed by atoms with Gasteiger partial charge >= 0.3 is 0 Å². The molecule has 2 aromatic carbocycles. The minimum absolute atomic E-state index is 0.282. The number of methoxy groups -OCH3 is 1. The molecule has 2 aliphatic rings. The van der Waals surface area contributed by atoms with E-state index in [2.05, 4.69) is 53.4 Å². The number of rotatable bonds is 4. The first-order chi connectivity index (χ1) is 12.3. The Morgan fingerprint density at radius 3 is 2.68 bits per heavy atom. The zero-order chi connectivity index (χ0) is 17.2. The molecule has 25 heavy (non-hydrogen) atoms. The van der Waals surface area contributed by atoms with Crippen molar-refractivity contribution in [2.45, 2.75) is 50.3 Å². The molecule has 0 bridgehead atoms. The first-order valence-corrected chi connectivity index (χ1v) is 9.41. The molecule has 3 nitrogen and oxygen atoms in total. The monoisotopic (exact) mass is 337 g/mol. The van der Waals surface area contributed by atoms with E-state index in [4.69, 9.17) is 4.74 Å². The standard InChI is InChI=1S/C22H27NO2/c1-25-18-11-9-17-10-12-21(23-13-5-8-22(23)24)20(19(17)15-18)14-16-6-3-2-4-7-16/h2-4,6-7,9,11,15,20-22,24H,5,8,10,12-14H2,1H3/t20-,21+,22?/m1/s1. The van der Waals surface area contributed by atoms with Crippen molar-refractivity contribution in [1.82, 2.24) is 4.90 Å². The lowest BCUT2D eigenvalue weighted by Crippen LogP contribution is -2.45. The van der Waals surface area contributed by atoms with Gasteiger partial charge in [-0.15, -0.1) is 0 Å². The molecule has 1 aliphatic carbocycles. The number of benzene rings is 2. The van der Waals surface area contributed by atoms with Crippen LogP contribution in [-0.4, -0.2) is 35.9 Å². The molecule has 0 amide bonds. The van der Waals surface area contributed by atoms with Crippen molar-refractivity contribution >= 4 is 0 Å². The predicted molar refractivity (Wildman–Crippen MR) is 99.9 cm³/mol. The number of likely N-dealkylation sites (tertiary alicyclic amines) is 1. The van der Waals surface area contributed by atoms with Crippen molar-refractivity contribution < 1.29 is 9.84 Å². The Balaban J connectivity index is 1.71. The fourth-order valence-corrected chi connectivity index (χ4v) is 4.65. The highest BCUT2D eigenvalue weighted by atomic mass is 16.5. The Bertz CT molecular complexity index is 715. The third-order valence-corrected chi connectivity index (χ3v) is 5.91. The van der Waals surface area contributed by atoms with Crippen LogP contribution in [0.5, 0.6) is 5.75 Å². The Morgan fingerprint density at radius 1 is 1.12 bits per heavy atom. The van der Waals surface area contributed by atoms with Crippen molar-refractivity contribution in [3.05, 3.63) is 65.2 Å². The second-order valence-electron chi connectivity index (χ2n) is 7.33. The zero-order valence-corrected chi connectivity index (χ0v) is 14.9. The molecular weight excluding hydrogens is 310 g/mol. The molecule has 4 rings (SSSR count). The molecule has 0 aromatic heterocycles. The quantitative estimate of drug-likeness (QED) is 0.922. The molecular formula is C22H27NO2. The maximum atomic E-state index is 10.5. The topological polar surface area (TPSA) is 32.7 Å². The number of aliphatic hydroxyl groups excluding tert-OH is 1. The number of ether oxygens (including phenoxy) is 1. The summed E-state index contributed by atoms with van der Waals surface area (Å²) in [5.41, 5.74) is 4.20. The molecule has 2 aromatic rings. The second kappa shape index (κ2) is 7.19. The molecule has 1 aliphatic heterocycles. The van der Waals surface area contributed by atoms with Gasteiger partial charge in [0.2, 0.25) is 0 Å². The van der Waals surface area contributed by atoms with Crippen molar-refractivity contribution in [1.29, 1.82) is 0 Å². The SMILES string of the molecule is COc1ccc2c(c1)[C@@H](Cc1ccccc1)[C@@H](N1CCCC1O)CC2. The highest BCUT2D eigenvalue weighted by molar-refractivity contribution is 5.42. The van der Waals surface area contributed by atoms with Crippen molar-refractivity contribution in [3.63, 3.8) is 0 Å². The summed E-state index contributed by atoms with van der Waals surface area (Å²) < 4.78 is 5.50. The molecule has 0 spiro atoms. The first-order valence-electron chi connectivity index (χ1n) is 9.41. The number of hydrogen-bond donors (Lipinski definition) is 1. The van der Waals surface area contributed by atoms with E-state index in [9.17, 15) is 5.11 Å². The molecule has 0 radical (unpaired) electrons. The third-order valence-electron chi connectivity index (χ3n) is 5.91. The average Bonchev–Trinajstić information content (AvgIpc) is 3.08. The number of nitrogens with zero attached hydrogens (tertiary/aromatic N) is 1. The lowest BCUT2D eigenvalue weighted by atomic mass is 9.75. The van der Waals surface area contributed by atoms with Gasteiger partial charge in [0.15, 0.2) is 0 Å². The summed E-state index contributed by atoms with van der Waals surface area (Å²) in [4.78, 5) is 2.34. The van der Waals surface area contributed by atoms with Gasteiger partial charge in [-0.05, 0) is 60.9 Å². The van der Waals surface area contributed by atoms with Gasteiger partial charge < -0.3 is 9.84 Å². The van der Waals surface area contributed by atoms with Crippen LogP contribution in [-0.2, 0) is 12.8 Å². The van der Waals surface area contributed by atoms with E-state index < -0.39 is 0 Å². The van der Waals surface area contributed by atoms with Gasteiger partial charge in [-0.3, -0.25) is 4.90 Å². The van der Waals surface area contributed by atoms with Gasteiger partial charge in [0, 0.05) is 18.5 Å². The maximum absolute atomic E-state index is 10.5. The van der Waals surface area contributed by atoms with Gasteiger partial charge in [0.05, 0.1) is 7.11 Å². The van der Waals surface area contributed by atoms with Gasteiger partial charge in [-0.25, -0.2) is 0 Å². The van der Waals surface area contributed by atoms with E-state index in [0.29, 0.717) is 12.0 Å². The third kappa shape index (κ3) is 3.31. The summed E-state index contributed by atoms with van der Waals surface area (Å²) in [7, 11) is 1.73. The van der Waals surface area contributed by atoms with E-state index in [-0.39, 0.29) is 6.23 Å². The summed E-state index contributed by atoms with van der Waals surface area (Å²) in [6, 6.07) is 17.6. The van der Waals surface area contributed by atoms with Crippen LogP contribution < -0.4 is 4.74 Å². The van der Waals surface area contributed by atoms with E-state index >= 15 is 0 Å². The van der Waals surface area contributed by atoms with E-state index in [1.54, 1.807) is 7.11 Å². The molecule has 1 unspecified atom stereocenters. The van der Waals surface area contributed by atoms with Crippen LogP contribution in [0.4, 0.5) is 0 Å². The molecule has 3 heteroatoms. The van der Waals surface area contributed by atoms with E-state index in [1.165, 1.54) is 16.7 Å². The Kier molecular flexibility index (Phi) is 4.78. The highest BCUT2D eigenvalue weighted by Crippen LogP contribution is 2.40. The van der Waals surface area contributed by atoms with Gasteiger partial charge in [0.1, 0.15) is 12.0 Å². The van der Waals surface area contributed by atoms with Crippen molar-refractivity contribution in [2.24, 2.45) is 0 Å². The summed E-state index contributed by atoms with van der Waals surface area (Å²) in [6.07, 6.45) is 4.93. The Morgan fingerprint density at radius 2 is 1.96 bits per heavy atom. The minimum Gasteiger partial charge on any atom is -0.497 e. The largest absolute Gasteiger partial charge is 0.497 e. The van der Waals surface area contributed by atoms with Gasteiger partial charge in [0.25, 0.3) is 0 Å². The normalized spacial score (nSPS) is 26.4. The van der Waals surface area contributed by atoms with Crippen LogP contribution in [0.25, 0.3) is 0 Å². The fraction of sp³-hybridized carbons (Fsp3) is 0.455. The lowest BCUT2D eigenvalue weighted by molar-refractivity contribution is -0.00422. The number of hydrogen-bond acceptors (Lipinski definition) is 3. The van der Waals surface area contributed by atoms with Crippen LogP contribution in [0.2, 0.25) is 0 Å². The smallest absolute Gasteiger partial charge is 0.119 e. The van der Waals surface area contributed by atoms with Gasteiger partial charge in [-0.2, -0.15) is 0 Å². The molecule has 3 atom stereocenters.